The molecule has 0 unspecified atom stereocenters. The molecule has 0 atom stereocenters. The zero-order chi connectivity index (χ0) is 34.2. The lowest BCUT2D eigenvalue weighted by molar-refractivity contribution is 0.0931. The van der Waals surface area contributed by atoms with Gasteiger partial charge in [-0.2, -0.15) is 0 Å². The second kappa shape index (κ2) is 24.1. The van der Waals surface area contributed by atoms with Gasteiger partial charge in [0.05, 0.1) is 22.3 Å². The van der Waals surface area contributed by atoms with Gasteiger partial charge in [-0.05, 0) is 24.3 Å². The van der Waals surface area contributed by atoms with Crippen LogP contribution in [0.15, 0.2) is 36.4 Å². The largest absolute Gasteiger partial charge is 0.506 e. The predicted octanol–water partition coefficient (Wildman–Crippen LogP) is 0.142. The number of carbonyl (C=O) groups is 4. The van der Waals surface area contributed by atoms with E-state index >= 15 is 0 Å². The van der Waals surface area contributed by atoms with Crippen LogP contribution in [0.25, 0.3) is 0 Å². The summed E-state index contributed by atoms with van der Waals surface area (Å²) in [6.45, 7) is 13.6. The van der Waals surface area contributed by atoms with Crippen LogP contribution in [-0.4, -0.2) is 112 Å². The molecular weight excluding hydrogens is 592 g/mol. The summed E-state index contributed by atoms with van der Waals surface area (Å²) >= 11 is 0. The number of hydrogen-bond acceptors (Lipinski definition) is 10. The first kappa shape index (κ1) is 39.8. The van der Waals surface area contributed by atoms with Crippen LogP contribution in [0.4, 0.5) is 0 Å². The maximum atomic E-state index is 12.5. The highest BCUT2D eigenvalue weighted by Gasteiger charge is 2.19. The number of carbonyl (C=O) groups excluding carboxylic acids is 4. The minimum atomic E-state index is -0.484. The molecule has 1 aliphatic rings. The standard InChI is InChI=1S/C28H40N8O6.2C2H6/c37-23-19-3-1-4-20(23)26(40)34-16-12-30-8-10-32-14-18-36-28(42)22-6-2-5-21(24(22)38)27(41)35-17-13-31-9-7-29-11-15-33-25(19)39;2*1-2/h1-6,29-32,37-38H,7-18H2,(H,33,39)(H,34,40)(H,35,41)(H,36,42);2*1-2H3. The number of hydrogen-bond donors (Lipinski definition) is 10. The van der Waals surface area contributed by atoms with Crippen molar-refractivity contribution in [2.24, 2.45) is 0 Å². The highest BCUT2D eigenvalue weighted by Crippen LogP contribution is 2.23. The van der Waals surface area contributed by atoms with Crippen molar-refractivity contribution in [2.45, 2.75) is 27.7 Å². The van der Waals surface area contributed by atoms with Gasteiger partial charge in [-0.25, -0.2) is 0 Å². The number of phenolic OH excluding ortho intramolecular Hbond substituents is 2. The Morgan fingerprint density at radius 1 is 0.391 bits per heavy atom. The van der Waals surface area contributed by atoms with Crippen molar-refractivity contribution >= 4 is 23.6 Å². The minimum absolute atomic E-state index is 0.0199. The molecule has 2 aromatic rings. The molecule has 0 saturated heterocycles. The Morgan fingerprint density at radius 2 is 0.587 bits per heavy atom. The lowest BCUT2D eigenvalue weighted by atomic mass is 10.1. The van der Waals surface area contributed by atoms with Crippen LogP contribution in [0, 0.1) is 0 Å². The third-order valence-corrected chi connectivity index (χ3v) is 6.36. The zero-order valence-electron chi connectivity index (χ0n) is 27.5. The van der Waals surface area contributed by atoms with Gasteiger partial charge in [0.1, 0.15) is 11.5 Å². The maximum Gasteiger partial charge on any atom is 0.255 e. The number of aromatic hydroxyl groups is 2. The Morgan fingerprint density at radius 3 is 0.804 bits per heavy atom. The lowest BCUT2D eigenvalue weighted by Gasteiger charge is -2.13. The number of phenols is 2. The molecule has 0 aliphatic carbocycles. The molecular formula is C32H52N8O6. The molecule has 0 saturated carbocycles. The van der Waals surface area contributed by atoms with E-state index in [0.717, 1.165) is 0 Å². The van der Waals surface area contributed by atoms with Gasteiger partial charge in [-0.3, -0.25) is 19.2 Å². The number of para-hydroxylation sites is 2. The van der Waals surface area contributed by atoms with Gasteiger partial charge in [-0.15, -0.1) is 0 Å². The van der Waals surface area contributed by atoms with Crippen LogP contribution < -0.4 is 42.5 Å². The maximum absolute atomic E-state index is 12.5. The quantitative estimate of drug-likeness (QED) is 0.188. The number of amides is 4. The number of nitrogens with one attached hydrogen (secondary N) is 8. The van der Waals surface area contributed by atoms with E-state index < -0.39 is 23.6 Å². The van der Waals surface area contributed by atoms with E-state index in [0.29, 0.717) is 78.5 Å². The van der Waals surface area contributed by atoms with E-state index in [9.17, 15) is 29.4 Å². The van der Waals surface area contributed by atoms with E-state index in [1.54, 1.807) is 12.1 Å². The SMILES string of the molecule is CC.CC.O=C1NCCNCCNCCNC(=O)c2cccc(c2O)C(=O)NCCNCCNCCNC(=O)c2cccc1c2O. The lowest BCUT2D eigenvalue weighted by Crippen LogP contribution is -2.38. The fourth-order valence-corrected chi connectivity index (χ4v) is 4.11. The second-order valence-electron chi connectivity index (χ2n) is 9.43. The molecule has 3 rings (SSSR count). The molecule has 4 bridgehead atoms. The van der Waals surface area contributed by atoms with E-state index in [-0.39, 0.29) is 33.8 Å². The summed E-state index contributed by atoms with van der Waals surface area (Å²) in [5, 5.41) is 44.6. The fraction of sp³-hybridized carbons (Fsp3) is 0.500. The Labute approximate surface area is 271 Å². The number of rotatable bonds is 0. The molecule has 0 aromatic heterocycles. The normalized spacial score (nSPS) is 16.8. The first-order valence-electron chi connectivity index (χ1n) is 16.0. The van der Waals surface area contributed by atoms with Crippen molar-refractivity contribution in [3.8, 4) is 11.5 Å². The Hall–Kier alpha value is -4.24. The summed E-state index contributed by atoms with van der Waals surface area (Å²) in [5.74, 6) is -2.68. The molecule has 1 heterocycles. The summed E-state index contributed by atoms with van der Waals surface area (Å²) in [6, 6.07) is 8.92. The molecule has 4 amide bonds. The summed E-state index contributed by atoms with van der Waals surface area (Å²) in [4.78, 5) is 50.2. The molecule has 14 heteroatoms. The highest BCUT2D eigenvalue weighted by molar-refractivity contribution is 6.04. The third kappa shape index (κ3) is 13.8. The predicted molar refractivity (Wildman–Crippen MR) is 180 cm³/mol. The summed E-state index contributed by atoms with van der Waals surface area (Å²) in [6.07, 6.45) is 0. The van der Waals surface area contributed by atoms with Gasteiger partial charge < -0.3 is 52.7 Å². The van der Waals surface area contributed by atoms with Crippen LogP contribution in [0.3, 0.4) is 0 Å². The average Bonchev–Trinajstić information content (AvgIpc) is 3.07. The second-order valence-corrected chi connectivity index (χ2v) is 9.43. The molecule has 256 valence electrons. The Balaban J connectivity index is 0.00000254. The van der Waals surface area contributed by atoms with E-state index in [1.807, 2.05) is 27.7 Å². The molecule has 1 aliphatic heterocycles. The van der Waals surface area contributed by atoms with Crippen LogP contribution in [0.5, 0.6) is 11.5 Å². The van der Waals surface area contributed by atoms with Crippen molar-refractivity contribution in [3.63, 3.8) is 0 Å². The van der Waals surface area contributed by atoms with Gasteiger partial charge in [0.25, 0.3) is 23.6 Å². The highest BCUT2D eigenvalue weighted by atomic mass is 16.3. The molecule has 46 heavy (non-hydrogen) atoms. The summed E-state index contributed by atoms with van der Waals surface area (Å²) in [5.41, 5.74) is 0.0795. The van der Waals surface area contributed by atoms with Crippen molar-refractivity contribution < 1.29 is 29.4 Å². The van der Waals surface area contributed by atoms with Crippen LogP contribution in [0.2, 0.25) is 0 Å². The molecule has 10 N–H and O–H groups in total. The first-order chi connectivity index (χ1) is 22.4. The van der Waals surface area contributed by atoms with Gasteiger partial charge in [0, 0.05) is 78.5 Å². The van der Waals surface area contributed by atoms with Crippen molar-refractivity contribution in [3.05, 3.63) is 58.7 Å². The zero-order valence-corrected chi connectivity index (χ0v) is 27.5. The van der Waals surface area contributed by atoms with Gasteiger partial charge in [0.15, 0.2) is 0 Å². The van der Waals surface area contributed by atoms with E-state index in [2.05, 4.69) is 42.5 Å². The summed E-state index contributed by atoms with van der Waals surface area (Å²) < 4.78 is 0. The van der Waals surface area contributed by atoms with Crippen molar-refractivity contribution in [1.29, 1.82) is 0 Å². The number of fused-ring (bicyclic) bond motifs is 4. The Bertz CT molecular complexity index is 1050. The van der Waals surface area contributed by atoms with Gasteiger partial charge in [-0.1, -0.05) is 39.8 Å². The van der Waals surface area contributed by atoms with Crippen LogP contribution in [-0.2, 0) is 0 Å². The third-order valence-electron chi connectivity index (χ3n) is 6.36. The fourth-order valence-electron chi connectivity index (χ4n) is 4.11. The smallest absolute Gasteiger partial charge is 0.255 e. The van der Waals surface area contributed by atoms with Crippen molar-refractivity contribution in [1.82, 2.24) is 42.5 Å². The molecule has 0 spiro atoms. The molecule has 0 radical (unpaired) electrons. The first-order valence-corrected chi connectivity index (χ1v) is 16.0. The topological polar surface area (TPSA) is 205 Å². The average molecular weight is 645 g/mol. The molecule has 14 nitrogen and oxygen atoms in total. The van der Waals surface area contributed by atoms with Crippen molar-refractivity contribution in [2.75, 3.05) is 78.5 Å². The molecule has 0 fully saturated rings. The van der Waals surface area contributed by atoms with Gasteiger partial charge in [0.2, 0.25) is 0 Å². The monoisotopic (exact) mass is 644 g/mol. The van der Waals surface area contributed by atoms with Crippen LogP contribution >= 0.6 is 0 Å². The Kier molecular flexibility index (Phi) is 20.8. The molecule has 2 aromatic carbocycles. The van der Waals surface area contributed by atoms with Gasteiger partial charge >= 0.3 is 0 Å². The van der Waals surface area contributed by atoms with Crippen LogP contribution in [0.1, 0.15) is 69.1 Å². The summed E-state index contributed by atoms with van der Waals surface area (Å²) in [7, 11) is 0. The van der Waals surface area contributed by atoms with E-state index in [4.69, 9.17) is 0 Å². The van der Waals surface area contributed by atoms with E-state index in [1.165, 1.54) is 24.3 Å². The minimum Gasteiger partial charge on any atom is -0.506 e. The number of benzene rings is 2.